The van der Waals surface area contributed by atoms with Gasteiger partial charge in [-0.1, -0.05) is 11.6 Å². The van der Waals surface area contributed by atoms with Gasteiger partial charge in [-0.3, -0.25) is 4.79 Å². The van der Waals surface area contributed by atoms with Gasteiger partial charge in [0.2, 0.25) is 0 Å². The minimum absolute atomic E-state index is 0.193. The molecule has 0 aromatic carbocycles. The van der Waals surface area contributed by atoms with Crippen LogP contribution in [0.15, 0.2) is 30.5 Å². The van der Waals surface area contributed by atoms with Crippen LogP contribution in [0.5, 0.6) is 0 Å². The third-order valence-corrected chi connectivity index (χ3v) is 2.52. The maximum atomic E-state index is 12.0. The number of pyridine rings is 1. The van der Waals surface area contributed by atoms with Crippen LogP contribution in [0, 0.1) is 0 Å². The maximum Gasteiger partial charge on any atom is 0.276 e. The Hall–Kier alpha value is -2.21. The number of carbonyl (C=O) groups is 1. The summed E-state index contributed by atoms with van der Waals surface area (Å²) in [6.07, 6.45) is 1.66. The van der Waals surface area contributed by atoms with Gasteiger partial charge in [-0.15, -0.1) is 10.2 Å². The second-order valence-electron chi connectivity index (χ2n) is 3.96. The highest BCUT2D eigenvalue weighted by Gasteiger charge is 2.12. The molecule has 6 nitrogen and oxygen atoms in total. The van der Waals surface area contributed by atoms with Crippen LogP contribution in [-0.2, 0) is 0 Å². The number of aromatic nitrogens is 3. The molecule has 2 aromatic rings. The van der Waals surface area contributed by atoms with E-state index in [1.165, 1.54) is 12.1 Å². The number of hydrogen-bond donors (Lipinski definition) is 1. The molecular formula is C12H12ClN5O. The molecule has 98 valence electrons. The van der Waals surface area contributed by atoms with E-state index in [4.69, 9.17) is 11.6 Å². The molecule has 7 heteroatoms. The Bertz CT molecular complexity index is 585. The first-order valence-corrected chi connectivity index (χ1v) is 5.88. The van der Waals surface area contributed by atoms with E-state index in [0.29, 0.717) is 11.5 Å². The number of nitrogens with zero attached hydrogens (tertiary/aromatic N) is 4. The van der Waals surface area contributed by atoms with Crippen molar-refractivity contribution < 1.29 is 4.79 Å². The fourth-order valence-electron chi connectivity index (χ4n) is 1.47. The summed E-state index contributed by atoms with van der Waals surface area (Å²) in [7, 11) is 3.69. The van der Waals surface area contributed by atoms with Crippen LogP contribution in [0.4, 0.5) is 11.5 Å². The fraction of sp³-hybridized carbons (Fsp3) is 0.167. The lowest BCUT2D eigenvalue weighted by Crippen LogP contribution is -2.18. The number of halogens is 1. The van der Waals surface area contributed by atoms with Crippen molar-refractivity contribution in [2.75, 3.05) is 24.3 Å². The highest BCUT2D eigenvalue weighted by molar-refractivity contribution is 6.29. The third kappa shape index (κ3) is 3.17. The van der Waals surface area contributed by atoms with Crippen molar-refractivity contribution in [3.63, 3.8) is 0 Å². The Morgan fingerprint density at radius 2 is 2.05 bits per heavy atom. The number of carbonyl (C=O) groups excluding carboxylic acids is 1. The van der Waals surface area contributed by atoms with Gasteiger partial charge in [0.25, 0.3) is 5.91 Å². The minimum atomic E-state index is -0.361. The van der Waals surface area contributed by atoms with Crippen molar-refractivity contribution in [2.24, 2.45) is 0 Å². The Morgan fingerprint density at radius 1 is 1.26 bits per heavy atom. The van der Waals surface area contributed by atoms with Gasteiger partial charge in [0.1, 0.15) is 0 Å². The van der Waals surface area contributed by atoms with E-state index >= 15 is 0 Å². The van der Waals surface area contributed by atoms with E-state index in [0.717, 1.165) is 0 Å². The normalized spacial score (nSPS) is 10.1. The summed E-state index contributed by atoms with van der Waals surface area (Å²) in [5, 5.41) is 10.3. The third-order valence-electron chi connectivity index (χ3n) is 2.32. The van der Waals surface area contributed by atoms with Crippen LogP contribution in [0.25, 0.3) is 0 Å². The molecule has 2 aromatic heterocycles. The van der Waals surface area contributed by atoms with Gasteiger partial charge in [0.15, 0.2) is 16.7 Å². The maximum absolute atomic E-state index is 12.0. The molecule has 0 atom stereocenters. The number of anilines is 2. The zero-order valence-electron chi connectivity index (χ0n) is 10.5. The van der Waals surface area contributed by atoms with Gasteiger partial charge in [-0.2, -0.15) is 0 Å². The average molecular weight is 278 g/mol. The predicted molar refractivity (Wildman–Crippen MR) is 73.6 cm³/mol. The van der Waals surface area contributed by atoms with Crippen LogP contribution in [0.2, 0.25) is 5.15 Å². The second-order valence-corrected chi connectivity index (χ2v) is 4.35. The number of hydrogen-bond acceptors (Lipinski definition) is 5. The highest BCUT2D eigenvalue weighted by Crippen LogP contribution is 2.20. The molecule has 0 saturated heterocycles. The Kier molecular flexibility index (Phi) is 3.91. The second kappa shape index (κ2) is 5.62. The number of amides is 1. The van der Waals surface area contributed by atoms with Crippen LogP contribution in [-0.4, -0.2) is 35.2 Å². The van der Waals surface area contributed by atoms with Gasteiger partial charge < -0.3 is 10.2 Å². The summed E-state index contributed by atoms with van der Waals surface area (Å²) in [5.41, 5.74) is 0.798. The quantitative estimate of drug-likeness (QED) is 0.927. The van der Waals surface area contributed by atoms with Crippen molar-refractivity contribution in [1.29, 1.82) is 0 Å². The van der Waals surface area contributed by atoms with Crippen molar-refractivity contribution in [1.82, 2.24) is 15.2 Å². The zero-order chi connectivity index (χ0) is 13.8. The van der Waals surface area contributed by atoms with Gasteiger partial charge >= 0.3 is 0 Å². The topological polar surface area (TPSA) is 71.0 Å². The SMILES string of the molecule is CN(C)c1ncccc1NC(=O)c1ccc(Cl)nn1. The summed E-state index contributed by atoms with van der Waals surface area (Å²) < 4.78 is 0. The summed E-state index contributed by atoms with van der Waals surface area (Å²) in [5.74, 6) is 0.304. The molecule has 1 amide bonds. The lowest BCUT2D eigenvalue weighted by Gasteiger charge is -2.15. The zero-order valence-corrected chi connectivity index (χ0v) is 11.2. The lowest BCUT2D eigenvalue weighted by molar-refractivity contribution is 0.102. The first-order chi connectivity index (χ1) is 9.08. The van der Waals surface area contributed by atoms with Gasteiger partial charge in [-0.25, -0.2) is 4.98 Å². The minimum Gasteiger partial charge on any atom is -0.361 e. The molecule has 0 fully saturated rings. The smallest absolute Gasteiger partial charge is 0.276 e. The number of nitrogens with one attached hydrogen (secondary N) is 1. The molecular weight excluding hydrogens is 266 g/mol. The molecule has 0 spiro atoms. The van der Waals surface area contributed by atoms with Crippen molar-refractivity contribution >= 4 is 29.0 Å². The van der Waals surface area contributed by atoms with E-state index in [9.17, 15) is 4.79 Å². The van der Waals surface area contributed by atoms with Crippen LogP contribution in [0.3, 0.4) is 0 Å². The van der Waals surface area contributed by atoms with Gasteiger partial charge in [0.05, 0.1) is 5.69 Å². The molecule has 0 saturated carbocycles. The largest absolute Gasteiger partial charge is 0.361 e. The molecule has 0 unspecified atom stereocenters. The average Bonchev–Trinajstić information content (AvgIpc) is 2.39. The summed E-state index contributed by atoms with van der Waals surface area (Å²) in [6.45, 7) is 0. The van der Waals surface area contributed by atoms with Gasteiger partial charge in [-0.05, 0) is 24.3 Å². The highest BCUT2D eigenvalue weighted by atomic mass is 35.5. The lowest BCUT2D eigenvalue weighted by atomic mass is 10.3. The Balaban J connectivity index is 2.22. The molecule has 2 rings (SSSR count). The van der Waals surface area contributed by atoms with E-state index in [1.807, 2.05) is 19.0 Å². The van der Waals surface area contributed by atoms with E-state index in [1.54, 1.807) is 18.3 Å². The molecule has 1 N–H and O–H groups in total. The molecule has 0 radical (unpaired) electrons. The first-order valence-electron chi connectivity index (χ1n) is 5.51. The summed E-state index contributed by atoms with van der Waals surface area (Å²) in [4.78, 5) is 18.0. The molecule has 0 aliphatic carbocycles. The molecule has 0 aliphatic rings. The Labute approximate surface area is 115 Å². The molecule has 19 heavy (non-hydrogen) atoms. The van der Waals surface area contributed by atoms with Crippen molar-refractivity contribution in [2.45, 2.75) is 0 Å². The van der Waals surface area contributed by atoms with Gasteiger partial charge in [0, 0.05) is 20.3 Å². The van der Waals surface area contributed by atoms with Crippen LogP contribution >= 0.6 is 11.6 Å². The Morgan fingerprint density at radius 3 is 2.68 bits per heavy atom. The number of rotatable bonds is 3. The monoisotopic (exact) mass is 277 g/mol. The first kappa shape index (κ1) is 13.2. The van der Waals surface area contributed by atoms with E-state index in [-0.39, 0.29) is 16.8 Å². The van der Waals surface area contributed by atoms with Crippen LogP contribution < -0.4 is 10.2 Å². The fourth-order valence-corrected chi connectivity index (χ4v) is 1.58. The molecule has 0 bridgehead atoms. The van der Waals surface area contributed by atoms with E-state index in [2.05, 4.69) is 20.5 Å². The predicted octanol–water partition coefficient (Wildman–Crippen LogP) is 1.84. The summed E-state index contributed by atoms with van der Waals surface area (Å²) in [6, 6.07) is 6.54. The van der Waals surface area contributed by atoms with Crippen LogP contribution in [0.1, 0.15) is 10.5 Å². The summed E-state index contributed by atoms with van der Waals surface area (Å²) >= 11 is 5.62. The molecule has 2 heterocycles. The van der Waals surface area contributed by atoms with E-state index < -0.39 is 0 Å². The molecule has 0 aliphatic heterocycles. The van der Waals surface area contributed by atoms with Crippen molar-refractivity contribution in [3.05, 3.63) is 41.3 Å². The standard InChI is InChI=1S/C12H12ClN5O/c1-18(2)11-8(4-3-7-14-11)15-12(19)9-5-6-10(13)17-16-9/h3-7H,1-2H3,(H,15,19). The van der Waals surface area contributed by atoms with Crippen molar-refractivity contribution in [3.8, 4) is 0 Å².